The lowest BCUT2D eigenvalue weighted by atomic mass is 10.1. The van der Waals surface area contributed by atoms with Gasteiger partial charge in [-0.05, 0) is 36.4 Å². The molecule has 1 aromatic carbocycles. The van der Waals surface area contributed by atoms with E-state index in [4.69, 9.17) is 4.52 Å². The smallest absolute Gasteiger partial charge is 0.339 e. The quantitative estimate of drug-likeness (QED) is 0.699. The van der Waals surface area contributed by atoms with Gasteiger partial charge in [-0.1, -0.05) is 11.2 Å². The first kappa shape index (κ1) is 17.2. The average molecular weight is 374 g/mol. The van der Waals surface area contributed by atoms with Crippen LogP contribution in [0, 0.1) is 0 Å². The molecule has 3 aromatic rings. The Hall–Kier alpha value is -3.23. The topological polar surface area (TPSA) is 72.1 Å². The first-order valence-electron chi connectivity index (χ1n) is 8.14. The Morgan fingerprint density at radius 3 is 2.56 bits per heavy atom. The summed E-state index contributed by atoms with van der Waals surface area (Å²) in [5, 5.41) is 3.89. The molecule has 0 aliphatic carbocycles. The van der Waals surface area contributed by atoms with E-state index >= 15 is 0 Å². The van der Waals surface area contributed by atoms with Crippen molar-refractivity contribution in [2.45, 2.75) is 18.5 Å². The third kappa shape index (κ3) is 3.40. The minimum absolute atomic E-state index is 0.144. The Morgan fingerprint density at radius 1 is 1.11 bits per heavy atom. The fourth-order valence-corrected chi connectivity index (χ4v) is 2.95. The molecule has 0 saturated carbocycles. The van der Waals surface area contributed by atoms with Gasteiger partial charge in [-0.25, -0.2) is 0 Å². The number of anilines is 1. The Bertz CT molecular complexity index is 955. The number of halogens is 3. The number of hydrogen-bond donors (Lipinski definition) is 0. The van der Waals surface area contributed by atoms with E-state index in [0.717, 1.165) is 12.1 Å². The van der Waals surface area contributed by atoms with Crippen LogP contribution in [-0.2, 0) is 11.0 Å². The third-order valence-corrected chi connectivity index (χ3v) is 4.32. The summed E-state index contributed by atoms with van der Waals surface area (Å²) in [6.07, 6.45) is -2.66. The van der Waals surface area contributed by atoms with E-state index < -0.39 is 11.7 Å². The highest BCUT2D eigenvalue weighted by Gasteiger charge is 2.36. The highest BCUT2D eigenvalue weighted by Crippen LogP contribution is 2.34. The third-order valence-electron chi connectivity index (χ3n) is 4.32. The summed E-state index contributed by atoms with van der Waals surface area (Å²) in [5.74, 6) is 0.0894. The highest BCUT2D eigenvalue weighted by atomic mass is 19.4. The zero-order valence-corrected chi connectivity index (χ0v) is 13.8. The second-order valence-electron chi connectivity index (χ2n) is 6.12. The molecule has 1 fully saturated rings. The average Bonchev–Trinajstić information content (AvgIpc) is 3.29. The summed E-state index contributed by atoms with van der Waals surface area (Å²) in [4.78, 5) is 22.2. The molecule has 6 nitrogen and oxygen atoms in total. The molecule has 1 saturated heterocycles. The van der Waals surface area contributed by atoms with E-state index in [-0.39, 0.29) is 24.8 Å². The minimum atomic E-state index is -4.41. The molecule has 0 spiro atoms. The highest BCUT2D eigenvalue weighted by molar-refractivity contribution is 5.96. The number of alkyl halides is 3. The Morgan fingerprint density at radius 2 is 1.89 bits per heavy atom. The summed E-state index contributed by atoms with van der Waals surface area (Å²) in [5.41, 5.74) is 0.197. The molecule has 27 heavy (non-hydrogen) atoms. The Balaban J connectivity index is 1.52. The molecule has 0 radical (unpaired) electrons. The van der Waals surface area contributed by atoms with Gasteiger partial charge in [-0.3, -0.25) is 9.78 Å². The second-order valence-corrected chi connectivity index (χ2v) is 6.12. The zero-order valence-electron chi connectivity index (χ0n) is 13.8. The van der Waals surface area contributed by atoms with Gasteiger partial charge >= 0.3 is 6.18 Å². The van der Waals surface area contributed by atoms with Crippen LogP contribution in [0.25, 0.3) is 11.5 Å². The largest absolute Gasteiger partial charge is 0.416 e. The van der Waals surface area contributed by atoms with Crippen LogP contribution in [0.2, 0.25) is 0 Å². The van der Waals surface area contributed by atoms with Crippen molar-refractivity contribution in [2.75, 3.05) is 11.4 Å². The van der Waals surface area contributed by atoms with Crippen LogP contribution in [-0.4, -0.2) is 27.6 Å². The molecule has 0 N–H and O–H groups in total. The van der Waals surface area contributed by atoms with Crippen LogP contribution in [0.1, 0.15) is 23.8 Å². The maximum atomic E-state index is 12.7. The molecule has 3 heterocycles. The lowest BCUT2D eigenvalue weighted by Crippen LogP contribution is -2.24. The van der Waals surface area contributed by atoms with Gasteiger partial charge in [-0.2, -0.15) is 18.2 Å². The number of pyridine rings is 1. The van der Waals surface area contributed by atoms with E-state index in [2.05, 4.69) is 15.1 Å². The number of amides is 1. The van der Waals surface area contributed by atoms with Crippen molar-refractivity contribution in [3.8, 4) is 11.5 Å². The van der Waals surface area contributed by atoms with Crippen LogP contribution in [0.3, 0.4) is 0 Å². The lowest BCUT2D eigenvalue weighted by Gasteiger charge is -2.17. The predicted octanol–water partition coefficient (Wildman–Crippen LogP) is 3.67. The molecule has 0 bridgehead atoms. The molecule has 1 aliphatic heterocycles. The molecule has 1 amide bonds. The second kappa shape index (κ2) is 6.49. The van der Waals surface area contributed by atoms with Gasteiger partial charge in [0.05, 0.1) is 11.5 Å². The Labute approximate surface area is 151 Å². The van der Waals surface area contributed by atoms with Crippen LogP contribution in [0.5, 0.6) is 0 Å². The van der Waals surface area contributed by atoms with Crippen molar-refractivity contribution in [2.24, 2.45) is 0 Å². The fourth-order valence-electron chi connectivity index (χ4n) is 2.95. The molecule has 1 atom stereocenters. The normalized spacial score (nSPS) is 17.5. The van der Waals surface area contributed by atoms with E-state index in [1.54, 1.807) is 24.4 Å². The Kier molecular flexibility index (Phi) is 4.14. The summed E-state index contributed by atoms with van der Waals surface area (Å²) in [7, 11) is 0. The predicted molar refractivity (Wildman–Crippen MR) is 88.7 cm³/mol. The van der Waals surface area contributed by atoms with Crippen LogP contribution in [0.4, 0.5) is 18.9 Å². The van der Waals surface area contributed by atoms with E-state index in [1.165, 1.54) is 17.0 Å². The van der Waals surface area contributed by atoms with Crippen molar-refractivity contribution < 1.29 is 22.5 Å². The van der Waals surface area contributed by atoms with Gasteiger partial charge < -0.3 is 9.42 Å². The molecular weight excluding hydrogens is 361 g/mol. The van der Waals surface area contributed by atoms with Crippen LogP contribution < -0.4 is 4.90 Å². The van der Waals surface area contributed by atoms with Gasteiger partial charge in [0, 0.05) is 24.8 Å². The van der Waals surface area contributed by atoms with E-state index in [1.807, 2.05) is 0 Å². The number of aromatic nitrogens is 3. The summed E-state index contributed by atoms with van der Waals surface area (Å²) in [6, 6.07) is 9.80. The van der Waals surface area contributed by atoms with Crippen molar-refractivity contribution >= 4 is 11.6 Å². The molecule has 4 rings (SSSR count). The number of benzene rings is 1. The van der Waals surface area contributed by atoms with E-state index in [0.29, 0.717) is 23.1 Å². The number of carbonyl (C=O) groups is 1. The molecule has 1 unspecified atom stereocenters. The molecule has 1 aliphatic rings. The summed E-state index contributed by atoms with van der Waals surface area (Å²) in [6.45, 7) is 0.258. The lowest BCUT2D eigenvalue weighted by molar-refractivity contribution is -0.137. The van der Waals surface area contributed by atoms with Gasteiger partial charge in [0.15, 0.2) is 0 Å². The molecular formula is C18H13F3N4O2. The monoisotopic (exact) mass is 374 g/mol. The first-order chi connectivity index (χ1) is 12.9. The van der Waals surface area contributed by atoms with Gasteiger partial charge in [0.25, 0.3) is 0 Å². The van der Waals surface area contributed by atoms with Gasteiger partial charge in [0.2, 0.25) is 17.6 Å². The van der Waals surface area contributed by atoms with Gasteiger partial charge in [0.1, 0.15) is 5.69 Å². The van der Waals surface area contributed by atoms with Crippen molar-refractivity contribution in [3.05, 3.63) is 60.1 Å². The minimum Gasteiger partial charge on any atom is -0.339 e. The summed E-state index contributed by atoms with van der Waals surface area (Å²) >= 11 is 0. The maximum Gasteiger partial charge on any atom is 0.416 e. The number of nitrogens with zero attached hydrogens (tertiary/aromatic N) is 4. The number of carbonyl (C=O) groups excluding carboxylic acids is 1. The van der Waals surface area contributed by atoms with Gasteiger partial charge in [-0.15, -0.1) is 0 Å². The van der Waals surface area contributed by atoms with Crippen molar-refractivity contribution in [3.63, 3.8) is 0 Å². The van der Waals surface area contributed by atoms with Crippen molar-refractivity contribution in [1.82, 2.24) is 15.1 Å². The molecule has 9 heteroatoms. The zero-order chi connectivity index (χ0) is 19.0. The van der Waals surface area contributed by atoms with Crippen LogP contribution >= 0.6 is 0 Å². The SMILES string of the molecule is O=C1CC(c2nc(-c3ccccn3)no2)CN1c1ccc(C(F)(F)F)cc1. The standard InChI is InChI=1S/C18H13F3N4O2/c19-18(20,21)12-4-6-13(7-5-12)25-10-11(9-15(25)26)17-23-16(24-27-17)14-3-1-2-8-22-14/h1-8,11H,9-10H2. The first-order valence-corrected chi connectivity index (χ1v) is 8.14. The summed E-state index contributed by atoms with van der Waals surface area (Å²) < 4.78 is 43.3. The fraction of sp³-hybridized carbons (Fsp3) is 0.222. The van der Waals surface area contributed by atoms with Crippen molar-refractivity contribution in [1.29, 1.82) is 0 Å². The molecule has 2 aromatic heterocycles. The number of rotatable bonds is 3. The molecule has 138 valence electrons. The van der Waals surface area contributed by atoms with E-state index in [9.17, 15) is 18.0 Å². The van der Waals surface area contributed by atoms with Crippen LogP contribution in [0.15, 0.2) is 53.2 Å². The maximum absolute atomic E-state index is 12.7. The number of hydrogen-bond acceptors (Lipinski definition) is 5.